The molecule has 0 bridgehead atoms. The van der Waals surface area contributed by atoms with E-state index in [1.165, 1.54) is 30.3 Å². The number of rotatable bonds is 10. The summed E-state index contributed by atoms with van der Waals surface area (Å²) in [4.78, 5) is 16.7. The highest BCUT2D eigenvalue weighted by atomic mass is 35.5. The van der Waals surface area contributed by atoms with Gasteiger partial charge in [-0.3, -0.25) is 9.78 Å². The smallest absolute Gasteiger partial charge is 0.240 e. The number of pyridine rings is 1. The van der Waals surface area contributed by atoms with Crippen molar-refractivity contribution in [1.29, 1.82) is 0 Å². The second-order valence-corrected chi connectivity index (χ2v) is 10.1. The van der Waals surface area contributed by atoms with Crippen LogP contribution in [0, 0.1) is 0 Å². The van der Waals surface area contributed by atoms with Crippen molar-refractivity contribution in [2.75, 3.05) is 25.5 Å². The van der Waals surface area contributed by atoms with Crippen LogP contribution in [0.1, 0.15) is 15.9 Å². The van der Waals surface area contributed by atoms with E-state index in [4.69, 9.17) is 16.3 Å². The van der Waals surface area contributed by atoms with Gasteiger partial charge >= 0.3 is 0 Å². The van der Waals surface area contributed by atoms with E-state index in [-0.39, 0.29) is 17.2 Å². The number of nitrogens with one attached hydrogen (secondary N) is 2. The zero-order valence-corrected chi connectivity index (χ0v) is 21.0. The quantitative estimate of drug-likeness (QED) is 0.169. The number of allylic oxidation sites excluding steroid dienone is 1. The van der Waals surface area contributed by atoms with Crippen molar-refractivity contribution >= 4 is 49.9 Å². The topological polar surface area (TPSA) is 97.4 Å². The summed E-state index contributed by atoms with van der Waals surface area (Å²) in [5.41, 5.74) is 2.03. The number of ether oxygens (including phenoxy) is 1. The molecular weight excluding hydrogens is 498 g/mol. The number of hydrogen-bond acceptors (Lipinski definition) is 6. The minimum atomic E-state index is -3.73. The van der Waals surface area contributed by atoms with Gasteiger partial charge < -0.3 is 10.1 Å². The van der Waals surface area contributed by atoms with Crippen LogP contribution in [-0.4, -0.2) is 39.4 Å². The molecule has 0 saturated heterocycles. The van der Waals surface area contributed by atoms with Crippen LogP contribution in [0.2, 0.25) is 5.02 Å². The Balaban J connectivity index is 1.33. The fourth-order valence-corrected chi connectivity index (χ4v) is 4.75. The lowest BCUT2D eigenvalue weighted by Crippen LogP contribution is -2.29. The SMILES string of the molecule is COc1ccc(/C=C/C(=O)c2ccc(S(=O)(=O)NCCNc3cncc4cc(Cl)ccc34)cc2)cc1. The molecule has 0 atom stereocenters. The van der Waals surface area contributed by atoms with E-state index in [2.05, 4.69) is 15.0 Å². The predicted molar refractivity (Wildman–Crippen MR) is 143 cm³/mol. The molecule has 184 valence electrons. The highest BCUT2D eigenvalue weighted by molar-refractivity contribution is 7.89. The van der Waals surface area contributed by atoms with Crippen molar-refractivity contribution in [2.45, 2.75) is 4.90 Å². The Morgan fingerprint density at radius 2 is 1.75 bits per heavy atom. The first-order valence-corrected chi connectivity index (χ1v) is 13.0. The van der Waals surface area contributed by atoms with Gasteiger partial charge in [0, 0.05) is 40.6 Å². The van der Waals surface area contributed by atoms with E-state index in [9.17, 15) is 13.2 Å². The van der Waals surface area contributed by atoms with Gasteiger partial charge in [0.2, 0.25) is 10.0 Å². The number of aromatic nitrogens is 1. The number of fused-ring (bicyclic) bond motifs is 1. The molecule has 0 amide bonds. The van der Waals surface area contributed by atoms with E-state index in [1.807, 2.05) is 24.3 Å². The van der Waals surface area contributed by atoms with Gasteiger partial charge in [0.15, 0.2) is 5.78 Å². The number of methoxy groups -OCH3 is 1. The minimum Gasteiger partial charge on any atom is -0.497 e. The third-order valence-electron chi connectivity index (χ3n) is 5.45. The summed E-state index contributed by atoms with van der Waals surface area (Å²) < 4.78 is 33.0. The van der Waals surface area contributed by atoms with Crippen molar-refractivity contribution in [3.8, 4) is 5.75 Å². The molecule has 9 heteroatoms. The van der Waals surface area contributed by atoms with Crippen molar-refractivity contribution < 1.29 is 17.9 Å². The maximum Gasteiger partial charge on any atom is 0.240 e. The Hall–Kier alpha value is -3.72. The molecule has 4 rings (SSSR count). The molecule has 0 saturated carbocycles. The molecule has 0 fully saturated rings. The molecule has 1 heterocycles. The van der Waals surface area contributed by atoms with Gasteiger partial charge in [-0.25, -0.2) is 13.1 Å². The molecule has 0 unspecified atom stereocenters. The van der Waals surface area contributed by atoms with Gasteiger partial charge in [0.25, 0.3) is 0 Å². The van der Waals surface area contributed by atoms with E-state index < -0.39 is 10.0 Å². The molecular formula is C27H24ClN3O4S. The number of sulfonamides is 1. The number of halogens is 1. The average Bonchev–Trinajstić information content (AvgIpc) is 2.90. The van der Waals surface area contributed by atoms with Gasteiger partial charge in [-0.2, -0.15) is 0 Å². The molecule has 7 nitrogen and oxygen atoms in total. The van der Waals surface area contributed by atoms with Crippen LogP contribution in [0.25, 0.3) is 16.8 Å². The highest BCUT2D eigenvalue weighted by Gasteiger charge is 2.14. The summed E-state index contributed by atoms with van der Waals surface area (Å²) in [7, 11) is -2.14. The Labute approximate surface area is 214 Å². The van der Waals surface area contributed by atoms with Crippen molar-refractivity contribution in [2.24, 2.45) is 0 Å². The number of hydrogen-bond donors (Lipinski definition) is 2. The first kappa shape index (κ1) is 25.4. The first-order valence-electron chi connectivity index (χ1n) is 11.1. The van der Waals surface area contributed by atoms with Crippen LogP contribution in [0.3, 0.4) is 0 Å². The molecule has 0 aliphatic carbocycles. The third-order valence-corrected chi connectivity index (χ3v) is 7.16. The number of carbonyl (C=O) groups excluding carboxylic acids is 1. The van der Waals surface area contributed by atoms with E-state index in [0.29, 0.717) is 17.1 Å². The molecule has 0 aliphatic rings. The minimum absolute atomic E-state index is 0.0830. The largest absolute Gasteiger partial charge is 0.497 e. The lowest BCUT2D eigenvalue weighted by Gasteiger charge is -2.11. The molecule has 1 aromatic heterocycles. The number of nitrogens with zero attached hydrogens (tertiary/aromatic N) is 1. The first-order chi connectivity index (χ1) is 17.4. The highest BCUT2D eigenvalue weighted by Crippen LogP contribution is 2.24. The van der Waals surface area contributed by atoms with Crippen LogP contribution in [-0.2, 0) is 10.0 Å². The summed E-state index contributed by atoms with van der Waals surface area (Å²) in [5, 5.41) is 5.65. The predicted octanol–water partition coefficient (Wildman–Crippen LogP) is 5.18. The summed E-state index contributed by atoms with van der Waals surface area (Å²) in [5.74, 6) is 0.507. The summed E-state index contributed by atoms with van der Waals surface area (Å²) in [6.45, 7) is 0.521. The standard InChI is InChI=1S/C27H24ClN3O4S/c1-35-23-8-2-19(3-9-23)4-13-27(32)20-5-10-24(11-6-20)36(33,34)31-15-14-30-26-18-29-17-21-16-22(28)7-12-25(21)26/h2-13,16-18,30-31H,14-15H2,1H3/b13-4+. The Morgan fingerprint density at radius 3 is 2.47 bits per heavy atom. The van der Waals surface area contributed by atoms with Crippen LogP contribution in [0.4, 0.5) is 5.69 Å². The van der Waals surface area contributed by atoms with Gasteiger partial charge in [-0.15, -0.1) is 0 Å². The van der Waals surface area contributed by atoms with Gasteiger partial charge in [-0.05, 0) is 60.2 Å². The van der Waals surface area contributed by atoms with Crippen molar-refractivity contribution in [1.82, 2.24) is 9.71 Å². The Bertz CT molecular complexity index is 1500. The normalized spacial score (nSPS) is 11.6. The fourth-order valence-electron chi connectivity index (χ4n) is 3.54. The van der Waals surface area contributed by atoms with Crippen molar-refractivity contribution in [3.63, 3.8) is 0 Å². The maximum absolute atomic E-state index is 12.7. The third kappa shape index (κ3) is 6.28. The maximum atomic E-state index is 12.7. The monoisotopic (exact) mass is 521 g/mol. The van der Waals surface area contributed by atoms with E-state index >= 15 is 0 Å². The molecule has 4 aromatic rings. The van der Waals surface area contributed by atoms with Crippen LogP contribution in [0.15, 0.2) is 90.1 Å². The molecule has 0 radical (unpaired) electrons. The number of ketones is 1. The molecule has 36 heavy (non-hydrogen) atoms. The van der Waals surface area contributed by atoms with Crippen molar-refractivity contribution in [3.05, 3.63) is 101 Å². The van der Waals surface area contributed by atoms with Gasteiger partial charge in [0.1, 0.15) is 5.75 Å². The molecule has 0 spiro atoms. The second-order valence-electron chi connectivity index (χ2n) is 7.87. The zero-order valence-electron chi connectivity index (χ0n) is 19.4. The number of benzene rings is 3. The zero-order chi connectivity index (χ0) is 25.5. The molecule has 0 aliphatic heterocycles. The lowest BCUT2D eigenvalue weighted by atomic mass is 10.1. The van der Waals surface area contributed by atoms with Crippen LogP contribution >= 0.6 is 11.6 Å². The molecule has 2 N–H and O–H groups in total. The van der Waals surface area contributed by atoms with Crippen LogP contribution in [0.5, 0.6) is 5.75 Å². The summed E-state index contributed by atoms with van der Waals surface area (Å²) >= 11 is 6.03. The summed E-state index contributed by atoms with van der Waals surface area (Å²) in [6, 6.07) is 18.6. The summed E-state index contributed by atoms with van der Waals surface area (Å²) in [6.07, 6.45) is 6.55. The Kier molecular flexibility index (Phi) is 8.00. The Morgan fingerprint density at radius 1 is 1.00 bits per heavy atom. The van der Waals surface area contributed by atoms with E-state index in [1.54, 1.807) is 43.8 Å². The second kappa shape index (κ2) is 11.3. The number of carbonyl (C=O) groups is 1. The fraction of sp³-hybridized carbons (Fsp3) is 0.111. The van der Waals surface area contributed by atoms with Gasteiger partial charge in [0.05, 0.1) is 23.9 Å². The van der Waals surface area contributed by atoms with Crippen LogP contribution < -0.4 is 14.8 Å². The average molecular weight is 522 g/mol. The number of anilines is 1. The van der Waals surface area contributed by atoms with E-state index in [0.717, 1.165) is 27.8 Å². The molecule has 3 aromatic carbocycles. The lowest BCUT2D eigenvalue weighted by molar-refractivity contribution is 0.104. The van der Waals surface area contributed by atoms with Gasteiger partial charge in [-0.1, -0.05) is 35.9 Å².